The summed E-state index contributed by atoms with van der Waals surface area (Å²) >= 11 is 0. The Morgan fingerprint density at radius 1 is 1.38 bits per heavy atom. The minimum atomic E-state index is -4.68. The number of amides is 1. The molecule has 1 amide bonds. The van der Waals surface area contributed by atoms with E-state index in [9.17, 15) is 34.5 Å². The average Bonchev–Trinajstić information content (AvgIpc) is 2.37. The summed E-state index contributed by atoms with van der Waals surface area (Å²) in [6.07, 6.45) is 0.989. The van der Waals surface area contributed by atoms with Crippen LogP contribution in [0.15, 0.2) is 30.3 Å². The maximum absolute atomic E-state index is 11.4. The van der Waals surface area contributed by atoms with E-state index in [1.54, 1.807) is 0 Å². The summed E-state index contributed by atoms with van der Waals surface area (Å²) in [4.78, 5) is 39.3. The van der Waals surface area contributed by atoms with Crippen LogP contribution in [0.4, 0.5) is 5.69 Å². The molecule has 3 N–H and O–H groups in total. The van der Waals surface area contributed by atoms with Crippen molar-refractivity contribution in [3.63, 3.8) is 0 Å². The van der Waals surface area contributed by atoms with Crippen LogP contribution in [0.25, 0.3) is 5.31 Å². The summed E-state index contributed by atoms with van der Waals surface area (Å²) in [5, 5.41) is 19.6. The average molecular weight is 316 g/mol. The number of non-ortho nitro benzene ring substituents is 1. The second-order valence-corrected chi connectivity index (χ2v) is 5.61. The number of carbonyl (C=O) groups is 1. The fraction of sp³-hybridized carbons (Fsp3) is 0.182. The minimum Gasteiger partial charge on any atom is -0.321 e. The molecule has 0 bridgehead atoms. The summed E-state index contributed by atoms with van der Waals surface area (Å²) in [6.45, 7) is 0.656. The van der Waals surface area contributed by atoms with Crippen molar-refractivity contribution >= 4 is 24.5 Å². The second kappa shape index (κ2) is 6.59. The van der Waals surface area contributed by atoms with Gasteiger partial charge in [0.05, 0.1) is 16.8 Å². The van der Waals surface area contributed by atoms with E-state index in [4.69, 9.17) is 0 Å². The molecule has 0 heterocycles. The van der Waals surface area contributed by atoms with Gasteiger partial charge >= 0.3 is 7.60 Å². The zero-order valence-corrected chi connectivity index (χ0v) is 11.8. The van der Waals surface area contributed by atoms with Crippen LogP contribution in [0.5, 0.6) is 0 Å². The van der Waals surface area contributed by atoms with Gasteiger partial charge in [-0.2, -0.15) is 0 Å². The van der Waals surface area contributed by atoms with Crippen LogP contribution in [-0.2, 0) is 9.36 Å². The minimum absolute atomic E-state index is 0.0610. The Kier molecular flexibility index (Phi) is 5.34. The van der Waals surface area contributed by atoms with Gasteiger partial charge in [0, 0.05) is 19.1 Å². The molecule has 1 aromatic rings. The third-order valence-corrected chi connectivity index (χ3v) is 3.58. The Hall–Kier alpha value is -2.06. The third kappa shape index (κ3) is 4.76. The van der Waals surface area contributed by atoms with Gasteiger partial charge in [-0.3, -0.25) is 24.7 Å². The largest absolute Gasteiger partial charge is 0.356 e. The SMILES string of the molecule is CC(=O)N(O)C/C=C(/c1ccc([N+](=O)[O-])cc1)P(=O)(O)O. The van der Waals surface area contributed by atoms with Crippen LogP contribution < -0.4 is 0 Å². The standard InChI is InChI=1S/C11H13N2O7P/c1-8(14)12(15)7-6-11(21(18,19)20)9-2-4-10(5-3-9)13(16)17/h2-6,15H,7H2,1H3,(H2,18,19,20)/b11-6-. The third-order valence-electron chi connectivity index (χ3n) is 2.51. The summed E-state index contributed by atoms with van der Waals surface area (Å²) in [7, 11) is -4.68. The number of hydroxylamine groups is 2. The van der Waals surface area contributed by atoms with Gasteiger partial charge < -0.3 is 9.79 Å². The van der Waals surface area contributed by atoms with Crippen LogP contribution in [0.1, 0.15) is 12.5 Å². The highest BCUT2D eigenvalue weighted by molar-refractivity contribution is 7.63. The molecule has 0 aliphatic carbocycles. The van der Waals surface area contributed by atoms with Gasteiger partial charge in [-0.25, -0.2) is 5.06 Å². The molecule has 1 aromatic carbocycles. The molecule has 0 aliphatic rings. The molecule has 114 valence electrons. The molecule has 0 aromatic heterocycles. The molecular weight excluding hydrogens is 303 g/mol. The Morgan fingerprint density at radius 2 is 1.90 bits per heavy atom. The number of rotatable bonds is 5. The highest BCUT2D eigenvalue weighted by Crippen LogP contribution is 2.51. The van der Waals surface area contributed by atoms with E-state index in [0.29, 0.717) is 0 Å². The summed E-state index contributed by atoms with van der Waals surface area (Å²) in [5.41, 5.74) is -0.165. The zero-order chi connectivity index (χ0) is 16.2. The first-order chi connectivity index (χ1) is 9.62. The lowest BCUT2D eigenvalue weighted by Gasteiger charge is -2.13. The van der Waals surface area contributed by atoms with Crippen molar-refractivity contribution in [1.29, 1.82) is 0 Å². The Balaban J connectivity index is 3.14. The van der Waals surface area contributed by atoms with Crippen molar-refractivity contribution in [1.82, 2.24) is 5.06 Å². The summed E-state index contributed by atoms with van der Waals surface area (Å²) in [6, 6.07) is 4.55. The van der Waals surface area contributed by atoms with Crippen LogP contribution in [0.2, 0.25) is 0 Å². The Morgan fingerprint density at radius 3 is 2.29 bits per heavy atom. The number of nitro benzene ring substituents is 1. The predicted molar refractivity (Wildman–Crippen MR) is 72.3 cm³/mol. The molecule has 0 spiro atoms. The topological polar surface area (TPSA) is 141 Å². The monoisotopic (exact) mass is 316 g/mol. The maximum atomic E-state index is 11.4. The Labute approximate surface area is 119 Å². The van der Waals surface area contributed by atoms with E-state index in [-0.39, 0.29) is 16.3 Å². The summed E-state index contributed by atoms with van der Waals surface area (Å²) in [5.74, 6) is -0.694. The van der Waals surface area contributed by atoms with Gasteiger partial charge in [0.1, 0.15) is 0 Å². The lowest BCUT2D eigenvalue weighted by Crippen LogP contribution is -2.24. The highest BCUT2D eigenvalue weighted by atomic mass is 31.2. The van der Waals surface area contributed by atoms with Gasteiger partial charge in [0.25, 0.3) is 5.69 Å². The van der Waals surface area contributed by atoms with Crippen molar-refractivity contribution in [3.8, 4) is 0 Å². The van der Waals surface area contributed by atoms with Gasteiger partial charge in [0.2, 0.25) is 5.91 Å². The summed E-state index contributed by atoms with van der Waals surface area (Å²) < 4.78 is 11.4. The molecule has 0 aliphatic heterocycles. The molecule has 0 radical (unpaired) electrons. The number of hydrogen-bond donors (Lipinski definition) is 3. The van der Waals surface area contributed by atoms with E-state index in [0.717, 1.165) is 25.1 Å². The van der Waals surface area contributed by atoms with Crippen molar-refractivity contribution in [2.24, 2.45) is 0 Å². The molecule has 21 heavy (non-hydrogen) atoms. The number of nitrogens with zero attached hydrogens (tertiary/aromatic N) is 2. The van der Waals surface area contributed by atoms with Crippen LogP contribution in [0, 0.1) is 10.1 Å². The van der Waals surface area contributed by atoms with Crippen molar-refractivity contribution < 1.29 is 29.3 Å². The van der Waals surface area contributed by atoms with E-state index in [1.165, 1.54) is 12.1 Å². The first-order valence-corrected chi connectivity index (χ1v) is 7.22. The quantitative estimate of drug-likeness (QED) is 0.322. The normalized spacial score (nSPS) is 12.1. The van der Waals surface area contributed by atoms with E-state index >= 15 is 0 Å². The molecule has 0 fully saturated rings. The molecule has 9 nitrogen and oxygen atoms in total. The van der Waals surface area contributed by atoms with E-state index in [2.05, 4.69) is 0 Å². The van der Waals surface area contributed by atoms with Gasteiger partial charge in [-0.1, -0.05) is 0 Å². The van der Waals surface area contributed by atoms with Gasteiger partial charge in [-0.05, 0) is 23.8 Å². The van der Waals surface area contributed by atoms with Crippen molar-refractivity contribution in [3.05, 3.63) is 46.0 Å². The van der Waals surface area contributed by atoms with Gasteiger partial charge in [-0.15, -0.1) is 0 Å². The molecule has 0 atom stereocenters. The number of benzene rings is 1. The lowest BCUT2D eigenvalue weighted by molar-refractivity contribution is -0.384. The predicted octanol–water partition coefficient (Wildman–Crippen LogP) is 1.35. The van der Waals surface area contributed by atoms with Crippen molar-refractivity contribution in [2.45, 2.75) is 6.92 Å². The second-order valence-electron chi connectivity index (χ2n) is 4.04. The van der Waals surface area contributed by atoms with E-state index < -0.39 is 30.3 Å². The molecule has 0 saturated heterocycles. The number of carbonyl (C=O) groups excluding carboxylic acids is 1. The van der Waals surface area contributed by atoms with Crippen LogP contribution >= 0.6 is 7.60 Å². The van der Waals surface area contributed by atoms with Crippen LogP contribution in [0.3, 0.4) is 0 Å². The zero-order valence-electron chi connectivity index (χ0n) is 10.9. The maximum Gasteiger partial charge on any atom is 0.356 e. The van der Waals surface area contributed by atoms with Gasteiger partial charge in [0.15, 0.2) is 0 Å². The molecule has 0 saturated carbocycles. The fourth-order valence-corrected chi connectivity index (χ4v) is 2.27. The van der Waals surface area contributed by atoms with Crippen molar-refractivity contribution in [2.75, 3.05) is 6.54 Å². The Bertz CT molecular complexity index is 620. The molecule has 10 heteroatoms. The highest BCUT2D eigenvalue weighted by Gasteiger charge is 2.23. The molecule has 1 rings (SSSR count). The first kappa shape index (κ1) is 17.0. The molecule has 0 unspecified atom stereocenters. The smallest absolute Gasteiger partial charge is 0.321 e. The van der Waals surface area contributed by atoms with E-state index in [1.807, 2.05) is 0 Å². The fourth-order valence-electron chi connectivity index (χ4n) is 1.46. The molecular formula is C11H13N2O7P. The van der Waals surface area contributed by atoms with Crippen LogP contribution in [-0.4, -0.2) is 37.4 Å². The number of nitro groups is 1. The lowest BCUT2D eigenvalue weighted by atomic mass is 10.2. The first-order valence-electron chi connectivity index (χ1n) is 5.61. The number of hydrogen-bond acceptors (Lipinski definition) is 5.